The number of hydrogen-bond donors (Lipinski definition) is 2. The number of fused-ring (bicyclic) bond motifs is 1. The van der Waals surface area contributed by atoms with Gasteiger partial charge in [-0.25, -0.2) is 9.97 Å². The molecule has 29 heavy (non-hydrogen) atoms. The zero-order chi connectivity index (χ0) is 21.0. The summed E-state index contributed by atoms with van der Waals surface area (Å²) in [6.07, 6.45) is 3.12. The molecule has 0 fully saturated rings. The molecule has 0 aliphatic rings. The topological polar surface area (TPSA) is 108 Å². The maximum atomic E-state index is 12.6. The van der Waals surface area contributed by atoms with Crippen LogP contribution in [0.2, 0.25) is 0 Å². The lowest BCUT2D eigenvalue weighted by Gasteiger charge is -2.14. The van der Waals surface area contributed by atoms with E-state index in [9.17, 15) is 4.79 Å². The molecule has 0 bridgehead atoms. The first-order valence-electron chi connectivity index (χ1n) is 8.97. The summed E-state index contributed by atoms with van der Waals surface area (Å²) in [4.78, 5) is 24.6. The van der Waals surface area contributed by atoms with Gasteiger partial charge in [-0.15, -0.1) is 0 Å². The first-order chi connectivity index (χ1) is 14.0. The van der Waals surface area contributed by atoms with Crippen molar-refractivity contribution in [1.82, 2.24) is 20.3 Å². The highest BCUT2D eigenvalue weighted by molar-refractivity contribution is 6.04. The van der Waals surface area contributed by atoms with Crippen LogP contribution in [0.15, 0.2) is 24.5 Å². The number of H-pyrrole nitrogens is 1. The highest BCUT2D eigenvalue weighted by atomic mass is 16.5. The number of benzene rings is 1. The Kier molecular flexibility index (Phi) is 6.18. The Bertz CT molecular complexity index is 992. The van der Waals surface area contributed by atoms with E-state index in [1.807, 2.05) is 6.92 Å². The smallest absolute Gasteiger partial charge is 0.255 e. The van der Waals surface area contributed by atoms with E-state index in [2.05, 4.69) is 20.3 Å². The summed E-state index contributed by atoms with van der Waals surface area (Å²) in [6, 6.07) is 3.56. The van der Waals surface area contributed by atoms with E-state index in [0.29, 0.717) is 46.2 Å². The van der Waals surface area contributed by atoms with Crippen molar-refractivity contribution < 1.29 is 23.7 Å². The van der Waals surface area contributed by atoms with E-state index in [1.165, 1.54) is 0 Å². The summed E-state index contributed by atoms with van der Waals surface area (Å²) < 4.78 is 21.3. The molecule has 0 saturated heterocycles. The van der Waals surface area contributed by atoms with Crippen LogP contribution in [0.1, 0.15) is 17.3 Å². The molecule has 1 unspecified atom stereocenters. The second-order valence-electron chi connectivity index (χ2n) is 6.33. The van der Waals surface area contributed by atoms with Gasteiger partial charge in [0, 0.05) is 25.4 Å². The van der Waals surface area contributed by atoms with E-state index in [1.54, 1.807) is 53.0 Å². The number of carbonyl (C=O) groups excluding carboxylic acids is 1. The van der Waals surface area contributed by atoms with Gasteiger partial charge >= 0.3 is 0 Å². The van der Waals surface area contributed by atoms with E-state index in [-0.39, 0.29) is 12.0 Å². The van der Waals surface area contributed by atoms with Gasteiger partial charge in [0.1, 0.15) is 5.52 Å². The first-order valence-corrected chi connectivity index (χ1v) is 8.97. The lowest BCUT2D eigenvalue weighted by molar-refractivity contribution is 0.0871. The Balaban J connectivity index is 2.01. The summed E-state index contributed by atoms with van der Waals surface area (Å²) in [5.41, 5.74) is 2.68. The van der Waals surface area contributed by atoms with Crippen LogP contribution in [0, 0.1) is 0 Å². The summed E-state index contributed by atoms with van der Waals surface area (Å²) in [5, 5.41) is 2.83. The van der Waals surface area contributed by atoms with Crippen molar-refractivity contribution in [3.63, 3.8) is 0 Å². The zero-order valence-corrected chi connectivity index (χ0v) is 17.0. The SMILES string of the molecule is COc1cc(-c2cnc3[nH]cc(C(=O)NCC(C)OC)c3n2)cc(OC)c1OC. The Morgan fingerprint density at radius 1 is 1.14 bits per heavy atom. The molecule has 3 rings (SSSR count). The number of rotatable bonds is 8. The fraction of sp³-hybridized carbons (Fsp3) is 0.350. The molecule has 0 spiro atoms. The summed E-state index contributed by atoms with van der Waals surface area (Å²) in [7, 11) is 6.23. The molecule has 1 atom stereocenters. The van der Waals surface area contributed by atoms with Gasteiger partial charge in [0.15, 0.2) is 17.1 Å². The van der Waals surface area contributed by atoms with Gasteiger partial charge in [-0.1, -0.05) is 0 Å². The minimum atomic E-state index is -0.253. The van der Waals surface area contributed by atoms with Crippen LogP contribution in [0.4, 0.5) is 0 Å². The van der Waals surface area contributed by atoms with Gasteiger partial charge < -0.3 is 29.2 Å². The van der Waals surface area contributed by atoms with Crippen LogP contribution in [0.25, 0.3) is 22.4 Å². The van der Waals surface area contributed by atoms with Crippen molar-refractivity contribution in [2.45, 2.75) is 13.0 Å². The molecule has 3 aromatic rings. The number of nitrogens with zero attached hydrogens (tertiary/aromatic N) is 2. The van der Waals surface area contributed by atoms with Gasteiger partial charge in [0.25, 0.3) is 5.91 Å². The first kappa shape index (κ1) is 20.4. The normalized spacial score (nSPS) is 11.9. The molecule has 0 aliphatic heterocycles. The number of aromatic amines is 1. The largest absolute Gasteiger partial charge is 0.493 e. The highest BCUT2D eigenvalue weighted by Crippen LogP contribution is 2.40. The molecule has 9 nitrogen and oxygen atoms in total. The van der Waals surface area contributed by atoms with E-state index >= 15 is 0 Å². The van der Waals surface area contributed by atoms with Gasteiger partial charge in [0.05, 0.1) is 44.9 Å². The standard InChI is InChI=1S/C20H24N4O5/c1-11(26-2)8-23-20(25)13-9-21-19-17(13)24-14(10-22-19)12-6-15(27-3)18(29-5)16(7-12)28-4/h6-7,9-11H,8H2,1-5H3,(H,21,22)(H,23,25). The zero-order valence-electron chi connectivity index (χ0n) is 17.0. The van der Waals surface area contributed by atoms with E-state index in [4.69, 9.17) is 18.9 Å². The van der Waals surface area contributed by atoms with Crippen LogP contribution >= 0.6 is 0 Å². The second-order valence-corrected chi connectivity index (χ2v) is 6.33. The van der Waals surface area contributed by atoms with Gasteiger partial charge in [-0.3, -0.25) is 4.79 Å². The monoisotopic (exact) mass is 400 g/mol. The fourth-order valence-electron chi connectivity index (χ4n) is 2.85. The van der Waals surface area contributed by atoms with Crippen molar-refractivity contribution in [1.29, 1.82) is 0 Å². The number of methoxy groups -OCH3 is 4. The average Bonchev–Trinajstić information content (AvgIpc) is 3.19. The van der Waals surface area contributed by atoms with Crippen molar-refractivity contribution in [2.24, 2.45) is 0 Å². The third-order valence-corrected chi connectivity index (χ3v) is 4.54. The average molecular weight is 400 g/mol. The lowest BCUT2D eigenvalue weighted by atomic mass is 10.1. The maximum absolute atomic E-state index is 12.6. The van der Waals surface area contributed by atoms with Crippen LogP contribution in [0.5, 0.6) is 17.2 Å². The molecule has 154 valence electrons. The Hall–Kier alpha value is -3.33. The van der Waals surface area contributed by atoms with Crippen LogP contribution < -0.4 is 19.5 Å². The molecule has 0 saturated carbocycles. The fourth-order valence-corrected chi connectivity index (χ4v) is 2.85. The number of carbonyl (C=O) groups is 1. The van der Waals surface area contributed by atoms with Crippen LogP contribution in [0.3, 0.4) is 0 Å². The Morgan fingerprint density at radius 3 is 2.41 bits per heavy atom. The van der Waals surface area contributed by atoms with Crippen molar-refractivity contribution in [3.8, 4) is 28.5 Å². The number of ether oxygens (including phenoxy) is 4. The summed E-state index contributed by atoms with van der Waals surface area (Å²) in [6.45, 7) is 2.26. The molecule has 2 heterocycles. The molecular formula is C20H24N4O5. The quantitative estimate of drug-likeness (QED) is 0.598. The van der Waals surface area contributed by atoms with Gasteiger partial charge in [-0.05, 0) is 19.1 Å². The molecular weight excluding hydrogens is 376 g/mol. The third kappa shape index (κ3) is 4.09. The Morgan fingerprint density at radius 2 is 1.83 bits per heavy atom. The number of amides is 1. The molecule has 1 amide bonds. The molecule has 0 radical (unpaired) electrons. The third-order valence-electron chi connectivity index (χ3n) is 4.54. The molecule has 2 aromatic heterocycles. The van der Waals surface area contributed by atoms with Crippen LogP contribution in [-0.2, 0) is 4.74 Å². The van der Waals surface area contributed by atoms with Crippen molar-refractivity contribution in [2.75, 3.05) is 35.0 Å². The minimum Gasteiger partial charge on any atom is -0.493 e. The summed E-state index contributed by atoms with van der Waals surface area (Å²) >= 11 is 0. The lowest BCUT2D eigenvalue weighted by Crippen LogP contribution is -2.31. The van der Waals surface area contributed by atoms with Gasteiger partial charge in [-0.2, -0.15) is 0 Å². The number of aromatic nitrogens is 3. The molecule has 0 aliphatic carbocycles. The second kappa shape index (κ2) is 8.78. The molecule has 1 aromatic carbocycles. The highest BCUT2D eigenvalue weighted by Gasteiger charge is 2.18. The van der Waals surface area contributed by atoms with E-state index < -0.39 is 0 Å². The number of hydrogen-bond acceptors (Lipinski definition) is 7. The predicted molar refractivity (Wildman–Crippen MR) is 108 cm³/mol. The number of nitrogens with one attached hydrogen (secondary N) is 2. The van der Waals surface area contributed by atoms with Crippen LogP contribution in [-0.4, -0.2) is 61.9 Å². The van der Waals surface area contributed by atoms with E-state index in [0.717, 1.165) is 5.56 Å². The molecule has 2 N–H and O–H groups in total. The van der Waals surface area contributed by atoms with Gasteiger partial charge in [0.2, 0.25) is 5.75 Å². The van der Waals surface area contributed by atoms with Crippen molar-refractivity contribution in [3.05, 3.63) is 30.1 Å². The van der Waals surface area contributed by atoms with Crippen molar-refractivity contribution >= 4 is 17.1 Å². The minimum absolute atomic E-state index is 0.0926. The maximum Gasteiger partial charge on any atom is 0.255 e. The predicted octanol–water partition coefficient (Wildman–Crippen LogP) is 2.42. The Labute approximate surface area is 168 Å². The summed E-state index contributed by atoms with van der Waals surface area (Å²) in [5.74, 6) is 1.24. The molecule has 9 heteroatoms.